The van der Waals surface area contributed by atoms with Crippen LogP contribution in [0.25, 0.3) is 0 Å². The molecule has 2 heterocycles. The van der Waals surface area contributed by atoms with Crippen molar-refractivity contribution in [3.05, 3.63) is 57.0 Å². The minimum atomic E-state index is -0.442. The number of nitrogens with zero attached hydrogens (tertiary/aromatic N) is 1. The summed E-state index contributed by atoms with van der Waals surface area (Å²) in [5.41, 5.74) is 2.74. The van der Waals surface area contributed by atoms with Gasteiger partial charge in [0.05, 0.1) is 12.7 Å². The van der Waals surface area contributed by atoms with Crippen LogP contribution in [0.2, 0.25) is 0 Å². The zero-order valence-corrected chi connectivity index (χ0v) is 17.7. The molecule has 152 valence electrons. The minimum Gasteiger partial charge on any atom is -0.497 e. The highest BCUT2D eigenvalue weighted by Crippen LogP contribution is 2.44. The fourth-order valence-corrected chi connectivity index (χ4v) is 4.77. The second kappa shape index (κ2) is 8.06. The lowest BCUT2D eigenvalue weighted by Gasteiger charge is -2.33. The summed E-state index contributed by atoms with van der Waals surface area (Å²) in [6.45, 7) is 4.22. The highest BCUT2D eigenvalue weighted by Gasteiger charge is 2.38. The summed E-state index contributed by atoms with van der Waals surface area (Å²) < 4.78 is 5.38. The third-order valence-electron chi connectivity index (χ3n) is 5.55. The molecule has 2 aliphatic rings. The Bertz CT molecular complexity index is 1040. The van der Waals surface area contributed by atoms with Crippen molar-refractivity contribution in [3.8, 4) is 5.75 Å². The lowest BCUT2D eigenvalue weighted by atomic mass is 9.76. The van der Waals surface area contributed by atoms with Crippen molar-refractivity contribution in [2.24, 2.45) is 0 Å². The lowest BCUT2D eigenvalue weighted by Crippen LogP contribution is -2.32. The van der Waals surface area contributed by atoms with Gasteiger partial charge in [-0.05, 0) is 37.0 Å². The number of anilines is 1. The van der Waals surface area contributed by atoms with E-state index in [-0.39, 0.29) is 11.3 Å². The van der Waals surface area contributed by atoms with Crippen LogP contribution in [0.5, 0.6) is 5.75 Å². The number of benzene rings is 1. The maximum Gasteiger partial charge on any atom is 0.257 e. The number of aromatic nitrogens is 2. The molecular formula is C22H25N3O3S. The largest absolute Gasteiger partial charge is 0.497 e. The number of methoxy groups -OCH3 is 1. The van der Waals surface area contributed by atoms with Crippen molar-refractivity contribution in [1.29, 1.82) is 0 Å². The van der Waals surface area contributed by atoms with E-state index in [9.17, 15) is 9.59 Å². The molecular weight excluding hydrogens is 386 g/mol. The number of ether oxygens (including phenoxy) is 1. The Hall–Kier alpha value is -2.54. The molecule has 2 aromatic rings. The number of hydrogen-bond acceptors (Lipinski definition) is 6. The van der Waals surface area contributed by atoms with Gasteiger partial charge in [0.25, 0.3) is 5.56 Å². The van der Waals surface area contributed by atoms with Crippen LogP contribution in [0, 0.1) is 0 Å². The Kier molecular flexibility index (Phi) is 5.50. The van der Waals surface area contributed by atoms with Crippen LogP contribution < -0.4 is 15.6 Å². The Morgan fingerprint density at radius 3 is 2.90 bits per heavy atom. The van der Waals surface area contributed by atoms with Gasteiger partial charge in [0.15, 0.2) is 10.9 Å². The van der Waals surface area contributed by atoms with Gasteiger partial charge < -0.3 is 15.0 Å². The number of hydrogen-bond donors (Lipinski definition) is 2. The van der Waals surface area contributed by atoms with Gasteiger partial charge in [-0.15, -0.1) is 0 Å². The van der Waals surface area contributed by atoms with Gasteiger partial charge in [-0.25, -0.2) is 4.98 Å². The smallest absolute Gasteiger partial charge is 0.257 e. The number of thioether (sulfide) groups is 1. The van der Waals surface area contributed by atoms with Gasteiger partial charge >= 0.3 is 0 Å². The number of rotatable bonds is 5. The summed E-state index contributed by atoms with van der Waals surface area (Å²) in [7, 11) is 1.61. The number of aromatic amines is 1. The van der Waals surface area contributed by atoms with Crippen molar-refractivity contribution in [3.63, 3.8) is 0 Å². The Labute approximate surface area is 174 Å². The van der Waals surface area contributed by atoms with Crippen molar-refractivity contribution in [2.45, 2.75) is 55.9 Å². The van der Waals surface area contributed by atoms with Crippen LogP contribution in [-0.4, -0.2) is 28.1 Å². The van der Waals surface area contributed by atoms with Gasteiger partial charge in [0.1, 0.15) is 11.6 Å². The third-order valence-corrected chi connectivity index (χ3v) is 6.70. The van der Waals surface area contributed by atoms with E-state index < -0.39 is 5.92 Å². The molecule has 4 rings (SSSR count). The average Bonchev–Trinajstić information content (AvgIpc) is 2.72. The van der Waals surface area contributed by atoms with Crippen molar-refractivity contribution >= 4 is 23.4 Å². The zero-order valence-electron chi connectivity index (χ0n) is 16.9. The Morgan fingerprint density at radius 2 is 2.14 bits per heavy atom. The van der Waals surface area contributed by atoms with Crippen LogP contribution in [0.3, 0.4) is 0 Å². The first kappa shape index (κ1) is 19.8. The van der Waals surface area contributed by atoms with E-state index >= 15 is 0 Å². The van der Waals surface area contributed by atoms with Gasteiger partial charge in [-0.3, -0.25) is 9.59 Å². The molecule has 2 atom stereocenters. The first-order valence-corrected chi connectivity index (χ1v) is 10.9. The molecule has 0 saturated heterocycles. The van der Waals surface area contributed by atoms with Gasteiger partial charge in [0, 0.05) is 28.9 Å². The standard InChI is InChI=1S/C22H25N3O3S/c1-4-12(2)29-22-24-20-19(21(27)25-22)17(13-7-5-8-14(11-13)28-3)18-15(23-20)9-6-10-16(18)26/h5,7-8,11-12,17H,4,6,9-10H2,1-3H3,(H2,23,24,25,27)/t12-,17-/m1/s1. The molecule has 0 amide bonds. The Morgan fingerprint density at radius 1 is 1.31 bits per heavy atom. The van der Waals surface area contributed by atoms with E-state index in [1.165, 1.54) is 0 Å². The van der Waals surface area contributed by atoms with Gasteiger partial charge in [0.2, 0.25) is 0 Å². The molecule has 7 heteroatoms. The first-order valence-electron chi connectivity index (χ1n) is 9.99. The maximum atomic E-state index is 13.2. The number of carbonyl (C=O) groups is 1. The number of H-pyrrole nitrogens is 1. The van der Waals surface area contributed by atoms with Crippen molar-refractivity contribution < 1.29 is 9.53 Å². The molecule has 29 heavy (non-hydrogen) atoms. The van der Waals surface area contributed by atoms with Gasteiger partial charge in [-0.2, -0.15) is 0 Å². The SMILES string of the molecule is CC[C@@H](C)Sc1nc2c(c(=O)[nH]1)[C@H](c1cccc(OC)c1)C1=C(CCCC1=O)N2. The molecule has 0 spiro atoms. The van der Waals surface area contributed by atoms with Crippen LogP contribution >= 0.6 is 11.8 Å². The van der Waals surface area contributed by atoms with Crippen molar-refractivity contribution in [1.82, 2.24) is 9.97 Å². The zero-order chi connectivity index (χ0) is 20.5. The van der Waals surface area contributed by atoms with E-state index in [2.05, 4.69) is 24.1 Å². The van der Waals surface area contributed by atoms with E-state index in [0.717, 1.165) is 30.5 Å². The van der Waals surface area contributed by atoms with Gasteiger partial charge in [-0.1, -0.05) is 37.7 Å². The monoisotopic (exact) mass is 411 g/mol. The summed E-state index contributed by atoms with van der Waals surface area (Å²) >= 11 is 1.55. The lowest BCUT2D eigenvalue weighted by molar-refractivity contribution is -0.116. The third kappa shape index (κ3) is 3.71. The van der Waals surface area contributed by atoms with E-state index in [0.29, 0.717) is 39.5 Å². The summed E-state index contributed by atoms with van der Waals surface area (Å²) in [6.07, 6.45) is 3.07. The molecule has 1 aromatic heterocycles. The van der Waals surface area contributed by atoms with E-state index in [1.54, 1.807) is 18.9 Å². The molecule has 0 bridgehead atoms. The molecule has 6 nitrogen and oxygen atoms in total. The highest BCUT2D eigenvalue weighted by molar-refractivity contribution is 7.99. The van der Waals surface area contributed by atoms with Crippen LogP contribution in [0.15, 0.2) is 45.5 Å². The molecule has 0 unspecified atom stereocenters. The normalized spacial score (nSPS) is 19.3. The molecule has 1 aliphatic heterocycles. The molecule has 0 fully saturated rings. The molecule has 1 aliphatic carbocycles. The summed E-state index contributed by atoms with van der Waals surface area (Å²) in [4.78, 5) is 33.7. The predicted molar refractivity (Wildman–Crippen MR) is 115 cm³/mol. The number of nitrogens with one attached hydrogen (secondary N) is 2. The van der Waals surface area contributed by atoms with E-state index in [4.69, 9.17) is 9.72 Å². The highest BCUT2D eigenvalue weighted by atomic mass is 32.2. The predicted octanol–water partition coefficient (Wildman–Crippen LogP) is 4.23. The minimum absolute atomic E-state index is 0.0923. The van der Waals surface area contributed by atoms with Crippen LogP contribution in [0.1, 0.15) is 56.6 Å². The topological polar surface area (TPSA) is 84.1 Å². The summed E-state index contributed by atoms with van der Waals surface area (Å²) in [6, 6.07) is 7.58. The van der Waals surface area contributed by atoms with E-state index in [1.807, 2.05) is 24.3 Å². The molecule has 2 N–H and O–H groups in total. The Balaban J connectivity index is 1.89. The second-order valence-electron chi connectivity index (χ2n) is 7.47. The number of carbonyl (C=O) groups excluding carboxylic acids is 1. The first-order chi connectivity index (χ1) is 14.0. The fraction of sp³-hybridized carbons (Fsp3) is 0.409. The quantitative estimate of drug-likeness (QED) is 0.566. The summed E-state index contributed by atoms with van der Waals surface area (Å²) in [5, 5.41) is 4.26. The van der Waals surface area contributed by atoms with Crippen LogP contribution in [-0.2, 0) is 4.79 Å². The summed E-state index contributed by atoms with van der Waals surface area (Å²) in [5.74, 6) is 0.903. The molecule has 0 radical (unpaired) electrons. The maximum absolute atomic E-state index is 13.2. The number of ketones is 1. The van der Waals surface area contributed by atoms with Crippen LogP contribution in [0.4, 0.5) is 5.82 Å². The second-order valence-corrected chi connectivity index (χ2v) is 8.90. The average molecular weight is 412 g/mol. The number of Topliss-reactive ketones (excluding diaryl/α,β-unsaturated/α-hetero) is 1. The number of allylic oxidation sites excluding steroid dienone is 2. The molecule has 1 aromatic carbocycles. The fourth-order valence-electron chi connectivity index (χ4n) is 3.92. The number of fused-ring (bicyclic) bond motifs is 1. The molecule has 0 saturated carbocycles. The van der Waals surface area contributed by atoms with Crippen molar-refractivity contribution in [2.75, 3.05) is 12.4 Å².